The van der Waals surface area contributed by atoms with Crippen LogP contribution in [0.25, 0.3) is 204 Å². The van der Waals surface area contributed by atoms with Crippen LogP contribution in [0.2, 0.25) is 0 Å². The number of fused-ring (bicyclic) bond motifs is 3. The first kappa shape index (κ1) is 29.8. The molecule has 15 aromatic rings. The van der Waals surface area contributed by atoms with Crippen LogP contribution in [0.1, 0.15) is 22.5 Å². The van der Waals surface area contributed by atoms with Crippen LogP contribution >= 0.6 is 0 Å². The molecule has 0 fully saturated rings. The van der Waals surface area contributed by atoms with Gasteiger partial charge in [-0.3, -0.25) is 0 Å². The van der Waals surface area contributed by atoms with Crippen molar-refractivity contribution in [2.24, 2.45) is 0 Å². The van der Waals surface area contributed by atoms with Crippen LogP contribution in [0, 0.1) is 27.7 Å². The van der Waals surface area contributed by atoms with Gasteiger partial charge in [0, 0.05) is 97.6 Å². The first-order valence-electron chi connectivity index (χ1n) is 19.5. The van der Waals surface area contributed by atoms with Gasteiger partial charge in [-0.2, -0.15) is 0 Å². The Morgan fingerprint density at radius 2 is 0.483 bits per heavy atom. The van der Waals surface area contributed by atoms with Gasteiger partial charge < -0.3 is 0 Å². The van der Waals surface area contributed by atoms with Gasteiger partial charge in [0.15, 0.2) is 22.6 Å². The Balaban J connectivity index is 1.56. The van der Waals surface area contributed by atoms with E-state index in [0.717, 1.165) is 156 Å². The molecule has 15 rings (SSSR count). The fourth-order valence-electron chi connectivity index (χ4n) is 12.4. The number of benzene rings is 9. The molecule has 6 aromatic heterocycles. The summed E-state index contributed by atoms with van der Waals surface area (Å²) in [4.78, 5) is 31.2. The van der Waals surface area contributed by atoms with Gasteiger partial charge in [-0.1, -0.05) is 52.6 Å². The van der Waals surface area contributed by atoms with Gasteiger partial charge in [-0.25, -0.2) is 29.9 Å². The van der Waals surface area contributed by atoms with Crippen LogP contribution in [0.15, 0.2) is 0 Å². The van der Waals surface area contributed by atoms with Crippen LogP contribution in [0.4, 0.5) is 0 Å². The molecule has 0 bridgehead atoms. The fraction of sp³-hybridized carbons (Fsp3) is 0.0769. The molecule has 0 N–H and O–H groups in total. The molecule has 0 unspecified atom stereocenters. The molecule has 9 aromatic carbocycles. The van der Waals surface area contributed by atoms with E-state index in [1.54, 1.807) is 0 Å². The fourth-order valence-corrected chi connectivity index (χ4v) is 12.4. The number of nitrogens with zero attached hydrogens (tertiary/aromatic N) is 6. The Morgan fingerprint density at radius 1 is 0.224 bits per heavy atom. The van der Waals surface area contributed by atoms with Gasteiger partial charge in [-0.05, 0) is 113 Å². The molecule has 0 aliphatic rings. The van der Waals surface area contributed by atoms with E-state index in [1.165, 1.54) is 26.9 Å². The highest BCUT2D eigenvalue weighted by molar-refractivity contribution is 6.62. The number of rotatable bonds is 0. The van der Waals surface area contributed by atoms with E-state index in [2.05, 4.69) is 27.0 Å². The molecule has 0 aliphatic heterocycles. The number of aromatic nitrogens is 6. The molecular formula is C52H28N6. The number of hydrogen-bond donors (Lipinski definition) is 0. The quantitative estimate of drug-likeness (QED) is 0.136. The van der Waals surface area contributed by atoms with E-state index < -0.39 is 0 Å². The average Bonchev–Trinajstić information content (AvgIpc) is 3.19. The average molecular weight is 737 g/mol. The second-order valence-electron chi connectivity index (χ2n) is 17.2. The summed E-state index contributed by atoms with van der Waals surface area (Å²) in [5.41, 5.74) is 6.40. The first-order chi connectivity index (χ1) is 27.8. The van der Waals surface area contributed by atoms with Gasteiger partial charge in [0.05, 0.1) is 10.7 Å². The highest BCUT2D eigenvalue weighted by atomic mass is 14.9. The van der Waals surface area contributed by atoms with Crippen molar-refractivity contribution in [2.75, 3.05) is 0 Å². The SMILES string of the molecule is C=c1nc2nc3nc(C)c(=C)c4c5c(C)c(=C)c6c7c(=C)c(C)nc8nc9nc(=C)c%10c(=C)c(=C)c%11c%12c(C)c(=C)c1c1c2c(c34)c2c5c6c3c(c87)c9c%10c%11c3c2c%121. The topological polar surface area (TPSA) is 77.3 Å². The van der Waals surface area contributed by atoms with E-state index >= 15 is 0 Å². The van der Waals surface area contributed by atoms with Crippen molar-refractivity contribution in [3.63, 3.8) is 0 Å². The minimum Gasteiger partial charge on any atom is -0.233 e. The maximum atomic E-state index is 5.30. The zero-order valence-corrected chi connectivity index (χ0v) is 32.3. The minimum atomic E-state index is 0.626. The third-order valence-corrected chi connectivity index (χ3v) is 14.9. The maximum absolute atomic E-state index is 5.30. The lowest BCUT2D eigenvalue weighted by Crippen LogP contribution is -2.30. The highest BCUT2D eigenvalue weighted by Gasteiger charge is 2.36. The van der Waals surface area contributed by atoms with Crippen molar-refractivity contribution in [3.8, 4) is 0 Å². The molecule has 6 heterocycles. The van der Waals surface area contributed by atoms with E-state index in [0.29, 0.717) is 33.3 Å². The van der Waals surface area contributed by atoms with Crippen molar-refractivity contribution >= 4 is 204 Å². The molecule has 0 aliphatic carbocycles. The Morgan fingerprint density at radius 3 is 0.948 bits per heavy atom. The van der Waals surface area contributed by atoms with E-state index in [4.69, 9.17) is 69.4 Å². The molecule has 58 heavy (non-hydrogen) atoms. The summed E-state index contributed by atoms with van der Waals surface area (Å²) in [5, 5.41) is 32.7. The molecule has 0 saturated heterocycles. The first-order valence-corrected chi connectivity index (χ1v) is 19.5. The molecule has 0 radical (unpaired) electrons. The molecular weight excluding hydrogens is 709 g/mol. The normalized spacial score (nSPS) is 13.7. The summed E-state index contributed by atoms with van der Waals surface area (Å²) < 4.78 is 0. The van der Waals surface area contributed by atoms with Crippen LogP contribution in [-0.4, -0.2) is 29.9 Å². The third kappa shape index (κ3) is 2.53. The van der Waals surface area contributed by atoms with E-state index in [-0.39, 0.29) is 0 Å². The van der Waals surface area contributed by atoms with Crippen LogP contribution in [0.5, 0.6) is 0 Å². The van der Waals surface area contributed by atoms with E-state index in [9.17, 15) is 0 Å². The molecule has 0 spiro atoms. The Bertz CT molecular complexity index is 5030. The second kappa shape index (κ2) is 8.31. The molecule has 6 heteroatoms. The van der Waals surface area contributed by atoms with Crippen molar-refractivity contribution in [3.05, 3.63) is 64.5 Å². The summed E-state index contributed by atoms with van der Waals surface area (Å²) in [6.45, 7) is 46.3. The Hall–Kier alpha value is -7.44. The molecule has 266 valence electrons. The number of aryl methyl sites for hydroxylation is 4. The third-order valence-electron chi connectivity index (χ3n) is 14.9. The smallest absolute Gasteiger partial charge is 0.163 e. The lowest BCUT2D eigenvalue weighted by Gasteiger charge is -2.31. The maximum Gasteiger partial charge on any atom is 0.163 e. The lowest BCUT2D eigenvalue weighted by atomic mass is 9.72. The number of hydrogen-bond acceptors (Lipinski definition) is 6. The van der Waals surface area contributed by atoms with Gasteiger partial charge >= 0.3 is 0 Å². The Labute approximate surface area is 325 Å². The van der Waals surface area contributed by atoms with Gasteiger partial charge in [0.2, 0.25) is 0 Å². The van der Waals surface area contributed by atoms with Crippen LogP contribution in [0.3, 0.4) is 0 Å². The summed E-state index contributed by atoms with van der Waals surface area (Å²) in [7, 11) is 0. The standard InChI is InChI=1S/C52H28N6/c1-13-15(3)27-28-16(4)14(2)26-24(12)56-52-48-34(26)36(28)40-39-35(27)33-25(13)23(11)55-51-47(33)43-41(39)37-29(31-19(7)21(9)53-49(57-51)45(31)43)17(5)18(6)30-32-20(8)22(10)54-50(58-52)46(32)44(48)42(40)38(30)37/h1-3,5,7-8,11-12H2,4,6,9-10H3. The molecule has 0 atom stereocenters. The highest BCUT2D eigenvalue weighted by Crippen LogP contribution is 2.59. The summed E-state index contributed by atoms with van der Waals surface area (Å²) in [5.74, 6) is 0. The zero-order chi connectivity index (χ0) is 39.3. The van der Waals surface area contributed by atoms with Gasteiger partial charge in [0.1, 0.15) is 0 Å². The second-order valence-corrected chi connectivity index (χ2v) is 17.2. The molecule has 0 amide bonds. The summed E-state index contributed by atoms with van der Waals surface area (Å²) >= 11 is 0. The lowest BCUT2D eigenvalue weighted by molar-refractivity contribution is 1.19. The predicted octanol–water partition coefficient (Wildman–Crippen LogP) is 6.22. The number of pyridine rings is 6. The zero-order valence-electron chi connectivity index (χ0n) is 32.3. The molecule has 0 saturated carbocycles. The van der Waals surface area contributed by atoms with Crippen molar-refractivity contribution in [2.45, 2.75) is 27.7 Å². The largest absolute Gasteiger partial charge is 0.233 e. The Kier molecular flexibility index (Phi) is 4.27. The summed E-state index contributed by atoms with van der Waals surface area (Å²) in [6.07, 6.45) is 0. The van der Waals surface area contributed by atoms with Gasteiger partial charge in [0.25, 0.3) is 0 Å². The minimum absolute atomic E-state index is 0.626. The van der Waals surface area contributed by atoms with Crippen molar-refractivity contribution in [1.82, 2.24) is 29.9 Å². The van der Waals surface area contributed by atoms with Crippen molar-refractivity contribution in [1.29, 1.82) is 0 Å². The predicted molar refractivity (Wildman–Crippen MR) is 248 cm³/mol. The van der Waals surface area contributed by atoms with Crippen LogP contribution < -0.4 is 42.0 Å². The summed E-state index contributed by atoms with van der Waals surface area (Å²) in [6, 6.07) is 0. The van der Waals surface area contributed by atoms with Crippen molar-refractivity contribution < 1.29 is 0 Å². The van der Waals surface area contributed by atoms with Crippen LogP contribution in [-0.2, 0) is 0 Å². The van der Waals surface area contributed by atoms with Gasteiger partial charge in [-0.15, -0.1) is 0 Å². The van der Waals surface area contributed by atoms with E-state index in [1.807, 2.05) is 13.8 Å². The molecule has 6 nitrogen and oxygen atoms in total. The monoisotopic (exact) mass is 736 g/mol.